The van der Waals surface area contributed by atoms with E-state index >= 15 is 0 Å². The summed E-state index contributed by atoms with van der Waals surface area (Å²) < 4.78 is 2.10. The van der Waals surface area contributed by atoms with Crippen LogP contribution in [0, 0.1) is 6.92 Å². The number of hydrogen-bond donors (Lipinski definition) is 2. The Morgan fingerprint density at radius 3 is 2.44 bits per heavy atom. The Morgan fingerprint density at radius 2 is 1.79 bits per heavy atom. The van der Waals surface area contributed by atoms with Gasteiger partial charge in [-0.1, -0.05) is 51.7 Å². The number of aromatic carboxylic acids is 1. The standard InChI is InChI=1S/C29H35N5O4S/c1-4-6-8-9-10-22(26-27(35)34(29(38)32-26)25-18-39-19(3)31-25)23-16-30-24(11-7-5-2)33(23)17-20-12-14-21(15-13-20)28(36)37/h12-16,18H,4-11,17H2,1-3H3,(H,32,38)(H,36,37). The molecule has 0 bridgehead atoms. The first-order valence-electron chi connectivity index (χ1n) is 13.5. The molecular formula is C29H35N5O4S. The Hall–Kier alpha value is -3.79. The highest BCUT2D eigenvalue weighted by Gasteiger charge is 2.39. The summed E-state index contributed by atoms with van der Waals surface area (Å²) in [6.07, 6.45) is 9.21. The van der Waals surface area contributed by atoms with E-state index in [-0.39, 0.29) is 11.3 Å². The van der Waals surface area contributed by atoms with E-state index in [1.54, 1.807) is 35.8 Å². The highest BCUT2D eigenvalue weighted by atomic mass is 32.1. The molecule has 4 rings (SSSR count). The molecule has 39 heavy (non-hydrogen) atoms. The number of carbonyl (C=O) groups is 3. The lowest BCUT2D eigenvalue weighted by Gasteiger charge is -2.16. The van der Waals surface area contributed by atoms with Crippen LogP contribution in [0.3, 0.4) is 0 Å². The van der Waals surface area contributed by atoms with Crippen LogP contribution in [0.1, 0.15) is 91.2 Å². The lowest BCUT2D eigenvalue weighted by Crippen LogP contribution is -2.30. The second-order valence-corrected chi connectivity index (χ2v) is 10.8. The van der Waals surface area contributed by atoms with E-state index in [9.17, 15) is 19.5 Å². The Labute approximate surface area is 232 Å². The average molecular weight is 550 g/mol. The van der Waals surface area contributed by atoms with Crippen LogP contribution in [0.2, 0.25) is 0 Å². The Bertz CT molecular complexity index is 1370. The number of carboxylic acid groups (broad SMARTS) is 1. The molecule has 3 heterocycles. The SMILES string of the molecule is CCCCCCC(=C1NC(=O)N(c2csc(C)n2)C1=O)c1cnc(CCCC)n1Cc1ccc(C(=O)O)cc1. The maximum atomic E-state index is 13.6. The van der Waals surface area contributed by atoms with E-state index in [0.29, 0.717) is 18.8 Å². The molecule has 1 fully saturated rings. The van der Waals surface area contributed by atoms with Crippen LogP contribution >= 0.6 is 11.3 Å². The third-order valence-corrected chi connectivity index (χ3v) is 7.57. The van der Waals surface area contributed by atoms with Gasteiger partial charge in [-0.25, -0.2) is 24.5 Å². The number of carbonyl (C=O) groups excluding carboxylic acids is 2. The first-order valence-corrected chi connectivity index (χ1v) is 14.4. The van der Waals surface area contributed by atoms with Gasteiger partial charge in [-0.2, -0.15) is 0 Å². The van der Waals surface area contributed by atoms with Gasteiger partial charge in [0, 0.05) is 23.9 Å². The topological polar surface area (TPSA) is 117 Å². The van der Waals surface area contributed by atoms with E-state index in [2.05, 4.69) is 28.7 Å². The van der Waals surface area contributed by atoms with Crippen molar-refractivity contribution in [2.45, 2.75) is 78.7 Å². The maximum Gasteiger partial charge on any atom is 0.335 e. The van der Waals surface area contributed by atoms with E-state index in [1.165, 1.54) is 11.3 Å². The third kappa shape index (κ3) is 6.44. The minimum absolute atomic E-state index is 0.228. The second-order valence-electron chi connectivity index (χ2n) is 9.71. The van der Waals surface area contributed by atoms with Crippen molar-refractivity contribution in [1.29, 1.82) is 0 Å². The number of thiazole rings is 1. The quantitative estimate of drug-likeness (QED) is 0.149. The van der Waals surface area contributed by atoms with Gasteiger partial charge in [0.1, 0.15) is 11.5 Å². The summed E-state index contributed by atoms with van der Waals surface area (Å²) in [5.41, 5.74) is 2.97. The van der Waals surface area contributed by atoms with Crippen molar-refractivity contribution in [1.82, 2.24) is 19.9 Å². The van der Waals surface area contributed by atoms with Gasteiger partial charge in [-0.3, -0.25) is 4.79 Å². The molecule has 206 valence electrons. The fourth-order valence-electron chi connectivity index (χ4n) is 4.70. The molecule has 0 radical (unpaired) electrons. The van der Waals surface area contributed by atoms with Gasteiger partial charge in [0.25, 0.3) is 5.91 Å². The third-order valence-electron chi connectivity index (χ3n) is 6.81. The van der Waals surface area contributed by atoms with Gasteiger partial charge >= 0.3 is 12.0 Å². The fourth-order valence-corrected chi connectivity index (χ4v) is 5.28. The summed E-state index contributed by atoms with van der Waals surface area (Å²) in [6.45, 7) is 6.58. The normalized spacial score (nSPS) is 14.7. The highest BCUT2D eigenvalue weighted by Crippen LogP contribution is 2.32. The van der Waals surface area contributed by atoms with E-state index in [4.69, 9.17) is 4.98 Å². The number of unbranched alkanes of at least 4 members (excludes halogenated alkanes) is 4. The van der Waals surface area contributed by atoms with Crippen LogP contribution in [0.4, 0.5) is 10.6 Å². The molecule has 10 heteroatoms. The summed E-state index contributed by atoms with van der Waals surface area (Å²) in [5, 5.41) is 14.6. The van der Waals surface area contributed by atoms with Gasteiger partial charge in [0.05, 0.1) is 22.5 Å². The minimum atomic E-state index is -0.969. The Morgan fingerprint density at radius 1 is 1.05 bits per heavy atom. The lowest BCUT2D eigenvalue weighted by atomic mass is 10.0. The number of amides is 3. The van der Waals surface area contributed by atoms with Crippen molar-refractivity contribution in [3.63, 3.8) is 0 Å². The fraction of sp³-hybridized carbons (Fsp3) is 0.414. The molecular weight excluding hydrogens is 514 g/mol. The Kier molecular flexibility index (Phi) is 9.29. The van der Waals surface area contributed by atoms with Crippen LogP contribution in [0.5, 0.6) is 0 Å². The predicted molar refractivity (Wildman–Crippen MR) is 152 cm³/mol. The summed E-state index contributed by atoms with van der Waals surface area (Å²) in [4.78, 5) is 48.2. The summed E-state index contributed by atoms with van der Waals surface area (Å²) >= 11 is 1.39. The van der Waals surface area contributed by atoms with Gasteiger partial charge in [0.15, 0.2) is 5.82 Å². The molecule has 0 unspecified atom stereocenters. The molecule has 3 aromatic rings. The summed E-state index contributed by atoms with van der Waals surface area (Å²) in [5.74, 6) is -0.159. The average Bonchev–Trinajstić information content (AvgIpc) is 3.60. The van der Waals surface area contributed by atoms with Crippen molar-refractivity contribution in [2.24, 2.45) is 0 Å². The number of carboxylic acids is 1. The van der Waals surface area contributed by atoms with E-state index in [0.717, 1.165) is 77.5 Å². The molecule has 1 saturated heterocycles. The number of imidazole rings is 1. The van der Waals surface area contributed by atoms with E-state index in [1.807, 2.05) is 6.92 Å². The molecule has 1 aromatic carbocycles. The van der Waals surface area contributed by atoms with Gasteiger partial charge < -0.3 is 15.0 Å². The van der Waals surface area contributed by atoms with Crippen molar-refractivity contribution < 1.29 is 19.5 Å². The number of aryl methyl sites for hydroxylation is 2. The molecule has 0 atom stereocenters. The zero-order valence-electron chi connectivity index (χ0n) is 22.7. The van der Waals surface area contributed by atoms with Crippen LogP contribution in [-0.2, 0) is 17.8 Å². The molecule has 0 saturated carbocycles. The number of benzene rings is 1. The molecule has 1 aliphatic rings. The van der Waals surface area contributed by atoms with E-state index < -0.39 is 17.9 Å². The number of nitrogens with zero attached hydrogens (tertiary/aromatic N) is 4. The number of anilines is 1. The van der Waals surface area contributed by atoms with Crippen LogP contribution in [0.25, 0.3) is 5.57 Å². The Balaban J connectivity index is 1.77. The smallest absolute Gasteiger partial charge is 0.335 e. The molecule has 0 spiro atoms. The number of aromatic nitrogens is 3. The number of rotatable bonds is 13. The monoisotopic (exact) mass is 549 g/mol. The maximum absolute atomic E-state index is 13.6. The number of nitrogens with one attached hydrogen (secondary N) is 1. The molecule has 1 aliphatic heterocycles. The largest absolute Gasteiger partial charge is 0.478 e. The molecule has 2 N–H and O–H groups in total. The lowest BCUT2D eigenvalue weighted by molar-refractivity contribution is -0.113. The van der Waals surface area contributed by atoms with Crippen molar-refractivity contribution in [2.75, 3.05) is 4.90 Å². The second kappa shape index (κ2) is 12.8. The predicted octanol–water partition coefficient (Wildman–Crippen LogP) is 6.18. The molecule has 9 nitrogen and oxygen atoms in total. The summed E-state index contributed by atoms with van der Waals surface area (Å²) in [7, 11) is 0. The van der Waals surface area contributed by atoms with Gasteiger partial charge in [-0.05, 0) is 43.9 Å². The zero-order valence-corrected chi connectivity index (χ0v) is 23.5. The first kappa shape index (κ1) is 28.2. The summed E-state index contributed by atoms with van der Waals surface area (Å²) in [6, 6.07) is 6.30. The van der Waals surface area contributed by atoms with Gasteiger partial charge in [0.2, 0.25) is 0 Å². The van der Waals surface area contributed by atoms with Crippen LogP contribution < -0.4 is 10.2 Å². The number of hydrogen-bond acceptors (Lipinski definition) is 6. The minimum Gasteiger partial charge on any atom is -0.478 e. The molecule has 3 amide bonds. The highest BCUT2D eigenvalue weighted by molar-refractivity contribution is 7.10. The van der Waals surface area contributed by atoms with Crippen LogP contribution in [0.15, 0.2) is 41.5 Å². The number of allylic oxidation sites excluding steroid dienone is 1. The van der Waals surface area contributed by atoms with Crippen molar-refractivity contribution >= 4 is 40.6 Å². The van der Waals surface area contributed by atoms with Crippen molar-refractivity contribution in [3.05, 3.63) is 69.2 Å². The first-order chi connectivity index (χ1) is 18.8. The van der Waals surface area contributed by atoms with Crippen molar-refractivity contribution in [3.8, 4) is 0 Å². The van der Waals surface area contributed by atoms with Gasteiger partial charge in [-0.15, -0.1) is 11.3 Å². The zero-order chi connectivity index (χ0) is 27.9. The number of urea groups is 1. The number of imide groups is 1. The van der Waals surface area contributed by atoms with Crippen LogP contribution in [-0.4, -0.2) is 37.5 Å². The molecule has 2 aromatic heterocycles. The molecule has 0 aliphatic carbocycles.